The summed E-state index contributed by atoms with van der Waals surface area (Å²) in [4.78, 5) is 13.0. The molecule has 1 amide bonds. The average Bonchev–Trinajstić information content (AvgIpc) is 2.60. The van der Waals surface area contributed by atoms with E-state index < -0.39 is 15.6 Å². The fraction of sp³-hybridized carbons (Fsp3) is 0.381. The van der Waals surface area contributed by atoms with Gasteiger partial charge in [0.15, 0.2) is 0 Å². The maximum atomic E-state index is 13.0. The van der Waals surface area contributed by atoms with Crippen LogP contribution in [0.4, 0.5) is 5.69 Å². The van der Waals surface area contributed by atoms with E-state index in [1.54, 1.807) is 32.2 Å². The van der Waals surface area contributed by atoms with Crippen molar-refractivity contribution in [3.8, 4) is 11.5 Å². The van der Waals surface area contributed by atoms with Crippen molar-refractivity contribution in [1.29, 1.82) is 0 Å². The second-order valence-corrected chi connectivity index (χ2v) is 9.60. The normalized spacial score (nSPS) is 17.6. The molecule has 1 atom stereocenters. The van der Waals surface area contributed by atoms with Gasteiger partial charge in [-0.15, -0.1) is 0 Å². The minimum atomic E-state index is -3.44. The highest BCUT2D eigenvalue weighted by molar-refractivity contribution is 7.92. The van der Waals surface area contributed by atoms with Gasteiger partial charge in [-0.05, 0) is 50.6 Å². The Labute approximate surface area is 171 Å². The molecule has 8 heteroatoms. The third-order valence-corrected chi connectivity index (χ3v) is 5.45. The Kier molecular flexibility index (Phi) is 5.49. The summed E-state index contributed by atoms with van der Waals surface area (Å²) >= 11 is 0. The van der Waals surface area contributed by atoms with E-state index in [-0.39, 0.29) is 11.9 Å². The number of rotatable bonds is 5. The van der Waals surface area contributed by atoms with Gasteiger partial charge in [0.1, 0.15) is 17.1 Å². The van der Waals surface area contributed by atoms with Crippen molar-refractivity contribution in [2.45, 2.75) is 38.8 Å². The van der Waals surface area contributed by atoms with Crippen LogP contribution in [0.3, 0.4) is 0 Å². The minimum Gasteiger partial charge on any atom is -0.497 e. The van der Waals surface area contributed by atoms with E-state index in [1.165, 1.54) is 0 Å². The SMILES string of the molecule is COc1ccc2c(c1)OC(C)(C)C[C@@H]2NC(=O)c1cccc(NS(C)(=O)=O)c1C. The maximum Gasteiger partial charge on any atom is 0.252 e. The number of nitrogens with one attached hydrogen (secondary N) is 2. The highest BCUT2D eigenvalue weighted by Gasteiger charge is 2.35. The molecule has 29 heavy (non-hydrogen) atoms. The van der Waals surface area contributed by atoms with Crippen molar-refractivity contribution in [1.82, 2.24) is 5.32 Å². The number of hydrogen-bond acceptors (Lipinski definition) is 5. The summed E-state index contributed by atoms with van der Waals surface area (Å²) in [5.74, 6) is 1.08. The minimum absolute atomic E-state index is 0.252. The number of anilines is 1. The molecule has 1 aliphatic heterocycles. The van der Waals surface area contributed by atoms with Gasteiger partial charge in [0, 0.05) is 23.6 Å². The quantitative estimate of drug-likeness (QED) is 0.776. The number of ether oxygens (including phenoxy) is 2. The van der Waals surface area contributed by atoms with Crippen LogP contribution in [0.25, 0.3) is 0 Å². The average molecular weight is 419 g/mol. The van der Waals surface area contributed by atoms with Crippen molar-refractivity contribution in [2.75, 3.05) is 18.1 Å². The van der Waals surface area contributed by atoms with Gasteiger partial charge in [-0.1, -0.05) is 6.07 Å². The molecule has 1 heterocycles. The number of carbonyl (C=O) groups excluding carboxylic acids is 1. The molecular weight excluding hydrogens is 392 g/mol. The summed E-state index contributed by atoms with van der Waals surface area (Å²) in [5, 5.41) is 3.08. The third kappa shape index (κ3) is 4.82. The number of carbonyl (C=O) groups is 1. The number of benzene rings is 2. The van der Waals surface area contributed by atoms with Crippen LogP contribution in [0.2, 0.25) is 0 Å². The van der Waals surface area contributed by atoms with Crippen LogP contribution in [-0.2, 0) is 10.0 Å². The van der Waals surface area contributed by atoms with Crippen molar-refractivity contribution in [3.05, 3.63) is 53.1 Å². The first-order valence-corrected chi connectivity index (χ1v) is 11.1. The van der Waals surface area contributed by atoms with E-state index in [1.807, 2.05) is 32.0 Å². The van der Waals surface area contributed by atoms with Crippen molar-refractivity contribution in [3.63, 3.8) is 0 Å². The smallest absolute Gasteiger partial charge is 0.252 e. The fourth-order valence-corrected chi connectivity index (χ4v) is 4.14. The zero-order valence-corrected chi connectivity index (χ0v) is 18.0. The molecule has 156 valence electrons. The summed E-state index contributed by atoms with van der Waals surface area (Å²) in [5.41, 5.74) is 1.78. The molecule has 2 aromatic carbocycles. The molecule has 0 aromatic heterocycles. The fourth-order valence-electron chi connectivity index (χ4n) is 3.52. The molecule has 0 spiro atoms. The van der Waals surface area contributed by atoms with Crippen LogP contribution in [0, 0.1) is 6.92 Å². The van der Waals surface area contributed by atoms with Crippen molar-refractivity contribution < 1.29 is 22.7 Å². The maximum absolute atomic E-state index is 13.0. The first-order valence-electron chi connectivity index (χ1n) is 9.24. The summed E-state index contributed by atoms with van der Waals surface area (Å²) in [6.07, 6.45) is 1.67. The van der Waals surface area contributed by atoms with Gasteiger partial charge < -0.3 is 14.8 Å². The Morgan fingerprint density at radius 1 is 1.24 bits per heavy atom. The molecule has 0 unspecified atom stereocenters. The number of hydrogen-bond donors (Lipinski definition) is 2. The molecular formula is C21H26N2O5S. The first-order chi connectivity index (χ1) is 13.5. The van der Waals surface area contributed by atoms with Crippen LogP contribution in [0.1, 0.15) is 47.8 Å². The Hall–Kier alpha value is -2.74. The van der Waals surface area contributed by atoms with Gasteiger partial charge in [-0.2, -0.15) is 0 Å². The summed E-state index contributed by atoms with van der Waals surface area (Å²) in [7, 11) is -1.85. The highest BCUT2D eigenvalue weighted by atomic mass is 32.2. The van der Waals surface area contributed by atoms with E-state index in [4.69, 9.17) is 9.47 Å². The van der Waals surface area contributed by atoms with Crippen LogP contribution in [0.5, 0.6) is 11.5 Å². The number of sulfonamides is 1. The van der Waals surface area contributed by atoms with Gasteiger partial charge in [0.2, 0.25) is 10.0 Å². The monoisotopic (exact) mass is 418 g/mol. The molecule has 2 N–H and O–H groups in total. The van der Waals surface area contributed by atoms with Gasteiger partial charge in [0.05, 0.1) is 25.1 Å². The van der Waals surface area contributed by atoms with Crippen LogP contribution in [0.15, 0.2) is 36.4 Å². The van der Waals surface area contributed by atoms with E-state index >= 15 is 0 Å². The Morgan fingerprint density at radius 2 is 1.97 bits per heavy atom. The van der Waals surface area contributed by atoms with Gasteiger partial charge in [0.25, 0.3) is 5.91 Å². The zero-order chi connectivity index (χ0) is 21.4. The Balaban J connectivity index is 1.91. The molecule has 0 saturated carbocycles. The van der Waals surface area contributed by atoms with Gasteiger partial charge >= 0.3 is 0 Å². The number of methoxy groups -OCH3 is 1. The van der Waals surface area contributed by atoms with Crippen LogP contribution in [-0.4, -0.2) is 33.3 Å². The first kappa shape index (κ1) is 21.0. The van der Waals surface area contributed by atoms with Crippen LogP contribution < -0.4 is 19.5 Å². The van der Waals surface area contributed by atoms with Gasteiger partial charge in [-0.3, -0.25) is 9.52 Å². The Bertz CT molecular complexity index is 1050. The topological polar surface area (TPSA) is 93.7 Å². The summed E-state index contributed by atoms with van der Waals surface area (Å²) < 4.78 is 36.9. The highest BCUT2D eigenvalue weighted by Crippen LogP contribution is 2.41. The largest absolute Gasteiger partial charge is 0.497 e. The molecule has 1 aliphatic rings. The van der Waals surface area contributed by atoms with E-state index in [0.717, 1.165) is 11.8 Å². The van der Waals surface area contributed by atoms with Crippen molar-refractivity contribution >= 4 is 21.6 Å². The molecule has 3 rings (SSSR count). The number of amides is 1. The lowest BCUT2D eigenvalue weighted by Gasteiger charge is -2.38. The molecule has 2 aromatic rings. The second kappa shape index (κ2) is 7.59. The molecule has 0 bridgehead atoms. The molecule has 0 fully saturated rings. The van der Waals surface area contributed by atoms with Crippen molar-refractivity contribution in [2.24, 2.45) is 0 Å². The zero-order valence-electron chi connectivity index (χ0n) is 17.2. The van der Waals surface area contributed by atoms with Crippen LogP contribution >= 0.6 is 0 Å². The standard InChI is InChI=1S/C21H26N2O5S/c1-13-15(7-6-8-17(13)23-29(5,25)26)20(24)22-18-12-21(2,3)28-19-11-14(27-4)9-10-16(18)19/h6-11,18,23H,12H2,1-5H3,(H,22,24)/t18-/m0/s1. The van der Waals surface area contributed by atoms with E-state index in [2.05, 4.69) is 10.0 Å². The second-order valence-electron chi connectivity index (χ2n) is 7.85. The predicted octanol–water partition coefficient (Wildman–Crippen LogP) is 3.41. The predicted molar refractivity (Wildman–Crippen MR) is 112 cm³/mol. The summed E-state index contributed by atoms with van der Waals surface area (Å²) in [6.45, 7) is 5.65. The third-order valence-electron chi connectivity index (χ3n) is 4.86. The molecule has 0 aliphatic carbocycles. The molecule has 0 saturated heterocycles. The molecule has 0 radical (unpaired) electrons. The van der Waals surface area contributed by atoms with E-state index in [9.17, 15) is 13.2 Å². The van der Waals surface area contributed by atoms with Gasteiger partial charge in [-0.25, -0.2) is 8.42 Å². The lowest BCUT2D eigenvalue weighted by Crippen LogP contribution is -2.41. The lowest BCUT2D eigenvalue weighted by atomic mass is 9.89. The number of fused-ring (bicyclic) bond motifs is 1. The lowest BCUT2D eigenvalue weighted by molar-refractivity contribution is 0.0617. The van der Waals surface area contributed by atoms with E-state index in [0.29, 0.717) is 34.7 Å². The molecule has 7 nitrogen and oxygen atoms in total. The Morgan fingerprint density at radius 3 is 2.62 bits per heavy atom. The summed E-state index contributed by atoms with van der Waals surface area (Å²) in [6, 6.07) is 10.3.